The first kappa shape index (κ1) is 17.3. The number of hydrogen-bond acceptors (Lipinski definition) is 3. The molecule has 0 unspecified atom stereocenters. The summed E-state index contributed by atoms with van der Waals surface area (Å²) >= 11 is 6.05. The topological polar surface area (TPSA) is 73.2 Å². The molecule has 2 amide bonds. The van der Waals surface area contributed by atoms with Gasteiger partial charge in [-0.15, -0.1) is 0 Å². The first-order chi connectivity index (χ1) is 11.1. The molecule has 0 aliphatic carbocycles. The molecule has 1 heterocycles. The Labute approximate surface area is 141 Å². The molecule has 122 valence electrons. The second-order valence-electron chi connectivity index (χ2n) is 5.73. The van der Waals surface area contributed by atoms with Gasteiger partial charge in [0.25, 0.3) is 0 Å². The third-order valence-corrected chi connectivity index (χ3v) is 4.46. The van der Waals surface area contributed by atoms with E-state index >= 15 is 0 Å². The normalized spacial score (nSPS) is 15.0. The zero-order chi connectivity index (χ0) is 16.7. The molecule has 1 aliphatic rings. The SMILES string of the molecule is N#CCC(=O)N1CCC(CNC(=O)Cc2ccccc2Cl)CC1. The van der Waals surface area contributed by atoms with Crippen LogP contribution in [0.3, 0.4) is 0 Å². The minimum Gasteiger partial charge on any atom is -0.356 e. The largest absolute Gasteiger partial charge is 0.356 e. The Morgan fingerprint density at radius 1 is 1.30 bits per heavy atom. The van der Waals surface area contributed by atoms with Crippen molar-refractivity contribution in [2.45, 2.75) is 25.7 Å². The van der Waals surface area contributed by atoms with E-state index in [1.54, 1.807) is 11.0 Å². The summed E-state index contributed by atoms with van der Waals surface area (Å²) in [6.45, 7) is 1.93. The summed E-state index contributed by atoms with van der Waals surface area (Å²) in [6, 6.07) is 9.21. The molecule has 1 N–H and O–H groups in total. The third-order valence-electron chi connectivity index (χ3n) is 4.09. The summed E-state index contributed by atoms with van der Waals surface area (Å²) < 4.78 is 0. The van der Waals surface area contributed by atoms with E-state index in [1.165, 1.54) is 0 Å². The van der Waals surface area contributed by atoms with Gasteiger partial charge in [0.05, 0.1) is 12.5 Å². The van der Waals surface area contributed by atoms with Gasteiger partial charge < -0.3 is 10.2 Å². The molecule has 0 atom stereocenters. The van der Waals surface area contributed by atoms with E-state index in [2.05, 4.69) is 5.32 Å². The highest BCUT2D eigenvalue weighted by Crippen LogP contribution is 2.18. The van der Waals surface area contributed by atoms with Crippen molar-refractivity contribution in [2.75, 3.05) is 19.6 Å². The fourth-order valence-electron chi connectivity index (χ4n) is 2.70. The molecule has 1 aromatic rings. The van der Waals surface area contributed by atoms with Crippen LogP contribution in [0.1, 0.15) is 24.8 Å². The van der Waals surface area contributed by atoms with E-state index in [0.717, 1.165) is 18.4 Å². The number of nitrogens with one attached hydrogen (secondary N) is 1. The number of nitrogens with zero attached hydrogens (tertiary/aromatic N) is 2. The molecule has 1 aromatic carbocycles. The molecule has 0 saturated carbocycles. The minimum atomic E-state index is -0.103. The average molecular weight is 334 g/mol. The molecule has 0 bridgehead atoms. The molecule has 1 fully saturated rings. The van der Waals surface area contributed by atoms with E-state index in [0.29, 0.717) is 30.6 Å². The maximum Gasteiger partial charge on any atom is 0.236 e. The standard InChI is InChI=1S/C17H20ClN3O2/c18-15-4-2-1-3-14(15)11-16(22)20-12-13-6-9-21(10-7-13)17(23)5-8-19/h1-4,13H,5-7,9-12H2,(H,20,22). The van der Waals surface area contributed by atoms with Crippen LogP contribution in [-0.4, -0.2) is 36.3 Å². The van der Waals surface area contributed by atoms with Crippen LogP contribution >= 0.6 is 11.6 Å². The number of benzene rings is 1. The fraction of sp³-hybridized carbons (Fsp3) is 0.471. The second kappa shape index (κ2) is 8.54. The van der Waals surface area contributed by atoms with Crippen LogP contribution in [0.5, 0.6) is 0 Å². The van der Waals surface area contributed by atoms with E-state index in [9.17, 15) is 9.59 Å². The maximum atomic E-state index is 12.0. The zero-order valence-corrected chi connectivity index (χ0v) is 13.7. The predicted octanol–water partition coefficient (Wildman–Crippen LogP) is 2.15. The highest BCUT2D eigenvalue weighted by Gasteiger charge is 2.22. The molecule has 23 heavy (non-hydrogen) atoms. The van der Waals surface area contributed by atoms with Gasteiger partial charge in [-0.2, -0.15) is 5.26 Å². The van der Waals surface area contributed by atoms with Crippen molar-refractivity contribution in [3.8, 4) is 6.07 Å². The van der Waals surface area contributed by atoms with Crippen molar-refractivity contribution in [1.82, 2.24) is 10.2 Å². The number of nitriles is 1. The Morgan fingerprint density at radius 3 is 2.65 bits per heavy atom. The lowest BCUT2D eigenvalue weighted by Gasteiger charge is -2.31. The van der Waals surface area contributed by atoms with Crippen LogP contribution in [0.15, 0.2) is 24.3 Å². The molecular weight excluding hydrogens is 314 g/mol. The number of carbonyl (C=O) groups is 2. The van der Waals surface area contributed by atoms with Crippen molar-refractivity contribution in [3.05, 3.63) is 34.9 Å². The summed E-state index contributed by atoms with van der Waals surface area (Å²) in [5.41, 5.74) is 0.823. The number of likely N-dealkylation sites (tertiary alicyclic amines) is 1. The number of carbonyl (C=O) groups excluding carboxylic acids is 2. The third kappa shape index (κ3) is 5.26. The van der Waals surface area contributed by atoms with Crippen LogP contribution < -0.4 is 5.32 Å². The first-order valence-corrected chi connectivity index (χ1v) is 8.12. The van der Waals surface area contributed by atoms with Gasteiger partial charge in [-0.1, -0.05) is 29.8 Å². The van der Waals surface area contributed by atoms with Gasteiger partial charge in [-0.05, 0) is 30.4 Å². The maximum absolute atomic E-state index is 12.0. The lowest BCUT2D eigenvalue weighted by Crippen LogP contribution is -2.41. The predicted molar refractivity (Wildman–Crippen MR) is 87.7 cm³/mol. The highest BCUT2D eigenvalue weighted by atomic mass is 35.5. The number of piperidine rings is 1. The monoisotopic (exact) mass is 333 g/mol. The molecule has 0 aromatic heterocycles. The lowest BCUT2D eigenvalue weighted by atomic mass is 9.96. The van der Waals surface area contributed by atoms with E-state index in [-0.39, 0.29) is 24.7 Å². The molecule has 5 nitrogen and oxygen atoms in total. The Bertz CT molecular complexity index is 604. The van der Waals surface area contributed by atoms with Gasteiger partial charge in [0.1, 0.15) is 6.42 Å². The minimum absolute atomic E-state index is 0.0407. The van der Waals surface area contributed by atoms with Gasteiger partial charge in [0.2, 0.25) is 11.8 Å². The van der Waals surface area contributed by atoms with Crippen molar-refractivity contribution in [3.63, 3.8) is 0 Å². The van der Waals surface area contributed by atoms with Gasteiger partial charge >= 0.3 is 0 Å². The number of amides is 2. The van der Waals surface area contributed by atoms with E-state index in [1.807, 2.05) is 24.3 Å². The fourth-order valence-corrected chi connectivity index (χ4v) is 2.90. The molecule has 0 spiro atoms. The molecular formula is C17H20ClN3O2. The number of rotatable bonds is 5. The number of hydrogen-bond donors (Lipinski definition) is 1. The summed E-state index contributed by atoms with van der Waals surface area (Å²) in [7, 11) is 0. The van der Waals surface area contributed by atoms with Crippen LogP contribution in [-0.2, 0) is 16.0 Å². The second-order valence-corrected chi connectivity index (χ2v) is 6.14. The zero-order valence-electron chi connectivity index (χ0n) is 12.9. The molecule has 2 rings (SSSR count). The van der Waals surface area contributed by atoms with Gasteiger partial charge in [0.15, 0.2) is 0 Å². The lowest BCUT2D eigenvalue weighted by molar-refractivity contribution is -0.131. The van der Waals surface area contributed by atoms with Crippen LogP contribution in [0, 0.1) is 17.2 Å². The van der Waals surface area contributed by atoms with Crippen LogP contribution in [0.4, 0.5) is 0 Å². The summed E-state index contributed by atoms with van der Waals surface area (Å²) in [5.74, 6) is 0.228. The van der Waals surface area contributed by atoms with E-state index in [4.69, 9.17) is 16.9 Å². The summed E-state index contributed by atoms with van der Waals surface area (Å²) in [4.78, 5) is 25.3. The Morgan fingerprint density at radius 2 is 2.00 bits per heavy atom. The summed E-state index contributed by atoms with van der Waals surface area (Å²) in [5, 5.41) is 12.1. The van der Waals surface area contributed by atoms with Crippen LogP contribution in [0.2, 0.25) is 5.02 Å². The van der Waals surface area contributed by atoms with Gasteiger partial charge in [-0.3, -0.25) is 9.59 Å². The average Bonchev–Trinajstić information content (AvgIpc) is 2.56. The Hall–Kier alpha value is -2.06. The van der Waals surface area contributed by atoms with Gasteiger partial charge in [0, 0.05) is 24.7 Å². The van der Waals surface area contributed by atoms with Crippen molar-refractivity contribution < 1.29 is 9.59 Å². The van der Waals surface area contributed by atoms with Crippen molar-refractivity contribution in [2.24, 2.45) is 5.92 Å². The van der Waals surface area contributed by atoms with Crippen molar-refractivity contribution >= 4 is 23.4 Å². The Kier molecular flexibility index (Phi) is 6.42. The highest BCUT2D eigenvalue weighted by molar-refractivity contribution is 6.31. The Balaban J connectivity index is 1.71. The molecule has 1 saturated heterocycles. The number of halogens is 1. The first-order valence-electron chi connectivity index (χ1n) is 7.75. The quantitative estimate of drug-likeness (QED) is 0.897. The summed E-state index contributed by atoms with van der Waals surface area (Å²) in [6.07, 6.45) is 1.92. The molecule has 6 heteroatoms. The van der Waals surface area contributed by atoms with Crippen LogP contribution in [0.25, 0.3) is 0 Å². The molecule has 0 radical (unpaired) electrons. The molecule has 1 aliphatic heterocycles. The van der Waals surface area contributed by atoms with Gasteiger partial charge in [-0.25, -0.2) is 0 Å². The van der Waals surface area contributed by atoms with E-state index < -0.39 is 0 Å². The van der Waals surface area contributed by atoms with Crippen molar-refractivity contribution in [1.29, 1.82) is 5.26 Å². The smallest absolute Gasteiger partial charge is 0.236 e.